The molecule has 4 heterocycles. The zero-order valence-corrected chi connectivity index (χ0v) is 22.1. The number of hydrogen-bond acceptors (Lipinski definition) is 10. The van der Waals surface area contributed by atoms with Crippen molar-refractivity contribution in [1.29, 1.82) is 0 Å². The number of carboxylic acids is 1. The molecule has 1 aromatic heterocycles. The van der Waals surface area contributed by atoms with Gasteiger partial charge in [0.25, 0.3) is 5.91 Å². The molecule has 0 aliphatic carbocycles. The highest BCUT2D eigenvalue weighted by molar-refractivity contribution is 8.01. The number of carboxylic acid groups (broad SMARTS) is 1. The number of β-lactam (4-membered cyclic amide) rings is 1. The van der Waals surface area contributed by atoms with E-state index in [1.165, 1.54) is 33.1 Å². The number of amides is 6. The number of imide groups is 1. The number of thioether (sulfide) groups is 2. The summed E-state index contributed by atoms with van der Waals surface area (Å²) in [5, 5.41) is 28.7. The Morgan fingerprint density at radius 3 is 2.67 bits per heavy atom. The van der Waals surface area contributed by atoms with Crippen LogP contribution in [0.25, 0.3) is 0 Å². The third kappa shape index (κ3) is 5.14. The van der Waals surface area contributed by atoms with Crippen molar-refractivity contribution in [3.8, 4) is 0 Å². The fraction of sp³-hybridized carbons (Fsp3) is 0.364. The maximum absolute atomic E-state index is 13.4. The zero-order chi connectivity index (χ0) is 27.7. The Hall–Kier alpha value is -4.12. The van der Waals surface area contributed by atoms with E-state index in [4.69, 9.17) is 0 Å². The lowest BCUT2D eigenvalue weighted by molar-refractivity contribution is -0.151. The molecule has 0 radical (unpaired) electrons. The summed E-state index contributed by atoms with van der Waals surface area (Å²) < 4.78 is 1.46. The van der Waals surface area contributed by atoms with Crippen molar-refractivity contribution < 1.29 is 29.1 Å². The lowest BCUT2D eigenvalue weighted by Gasteiger charge is -2.49. The molecule has 3 atom stereocenters. The molecule has 5 rings (SSSR count). The van der Waals surface area contributed by atoms with Crippen LogP contribution in [0.3, 0.4) is 0 Å². The first-order valence-electron chi connectivity index (χ1n) is 11.7. The van der Waals surface area contributed by atoms with Crippen molar-refractivity contribution in [2.75, 3.05) is 24.6 Å². The number of fused-ring (bicyclic) bond motifs is 1. The van der Waals surface area contributed by atoms with E-state index in [2.05, 4.69) is 31.5 Å². The van der Waals surface area contributed by atoms with Crippen molar-refractivity contribution in [2.24, 2.45) is 7.05 Å². The number of carbonyl (C=O) groups is 5. The number of tetrazole rings is 1. The second-order valence-electron chi connectivity index (χ2n) is 8.70. The molecular weight excluding hydrogens is 550 g/mol. The smallest absolute Gasteiger partial charge is 0.352 e. The molecule has 1 aromatic carbocycles. The van der Waals surface area contributed by atoms with Gasteiger partial charge in [-0.25, -0.2) is 24.0 Å². The largest absolute Gasteiger partial charge is 0.477 e. The number of aliphatic carboxylic acids is 1. The number of nitrogens with zero attached hydrogens (tertiary/aromatic N) is 6. The number of carbonyl (C=O) groups excluding carboxylic acids is 4. The lowest BCUT2D eigenvalue weighted by atomic mass is 10.0. The highest BCUT2D eigenvalue weighted by Gasteiger charge is 2.54. The van der Waals surface area contributed by atoms with Gasteiger partial charge in [-0.2, -0.15) is 0 Å². The quantitative estimate of drug-likeness (QED) is 0.235. The summed E-state index contributed by atoms with van der Waals surface area (Å²) >= 11 is 2.58. The normalized spacial score (nSPS) is 21.2. The second-order valence-corrected chi connectivity index (χ2v) is 10.8. The molecule has 39 heavy (non-hydrogen) atoms. The van der Waals surface area contributed by atoms with Crippen molar-refractivity contribution in [1.82, 2.24) is 46.0 Å². The fourth-order valence-electron chi connectivity index (χ4n) is 4.34. The Labute approximate surface area is 229 Å². The first kappa shape index (κ1) is 26.5. The van der Waals surface area contributed by atoms with Crippen LogP contribution in [0.4, 0.5) is 9.59 Å². The first-order valence-corrected chi connectivity index (χ1v) is 13.8. The van der Waals surface area contributed by atoms with Crippen LogP contribution in [-0.2, 0) is 21.4 Å². The van der Waals surface area contributed by atoms with Gasteiger partial charge < -0.3 is 21.1 Å². The van der Waals surface area contributed by atoms with Gasteiger partial charge in [0.1, 0.15) is 23.2 Å². The summed E-state index contributed by atoms with van der Waals surface area (Å²) in [4.78, 5) is 65.4. The van der Waals surface area contributed by atoms with Crippen molar-refractivity contribution in [3.05, 3.63) is 47.2 Å². The third-order valence-electron chi connectivity index (χ3n) is 6.27. The minimum atomic E-state index is -1.25. The molecule has 3 aliphatic heterocycles. The zero-order valence-electron chi connectivity index (χ0n) is 20.4. The van der Waals surface area contributed by atoms with Gasteiger partial charge >= 0.3 is 18.0 Å². The fourth-order valence-corrected chi connectivity index (χ4v) is 6.67. The Kier molecular flexibility index (Phi) is 7.42. The number of hydrogen-bond donors (Lipinski definition) is 4. The molecule has 15 nitrogen and oxygen atoms in total. The van der Waals surface area contributed by atoms with Gasteiger partial charge in [-0.1, -0.05) is 42.1 Å². The predicted molar refractivity (Wildman–Crippen MR) is 137 cm³/mol. The maximum Gasteiger partial charge on any atom is 0.352 e. The topological polar surface area (TPSA) is 192 Å². The molecule has 2 aromatic rings. The van der Waals surface area contributed by atoms with E-state index < -0.39 is 47.3 Å². The van der Waals surface area contributed by atoms with Crippen molar-refractivity contribution >= 4 is 53.4 Å². The third-order valence-corrected chi connectivity index (χ3v) is 8.71. The van der Waals surface area contributed by atoms with Gasteiger partial charge in [0, 0.05) is 31.6 Å². The molecule has 0 bridgehead atoms. The van der Waals surface area contributed by atoms with Crippen molar-refractivity contribution in [2.45, 2.75) is 22.6 Å². The molecule has 3 aliphatic rings. The van der Waals surface area contributed by atoms with Gasteiger partial charge in [0.15, 0.2) is 0 Å². The first-order chi connectivity index (χ1) is 18.8. The summed E-state index contributed by atoms with van der Waals surface area (Å²) in [6.45, 7) is 0.454. The summed E-state index contributed by atoms with van der Waals surface area (Å²) in [7, 11) is 1.66. The Bertz CT molecular complexity index is 1370. The van der Waals surface area contributed by atoms with Crippen LogP contribution >= 0.6 is 23.5 Å². The number of urea groups is 2. The van der Waals surface area contributed by atoms with Gasteiger partial charge in [0.2, 0.25) is 11.1 Å². The van der Waals surface area contributed by atoms with Crippen LogP contribution in [-0.4, -0.2) is 101 Å². The van der Waals surface area contributed by atoms with E-state index in [1.807, 2.05) is 0 Å². The number of aromatic nitrogens is 4. The minimum absolute atomic E-state index is 0.121. The monoisotopic (exact) mass is 573 g/mol. The summed E-state index contributed by atoms with van der Waals surface area (Å²) in [6.07, 6.45) is 0. The van der Waals surface area contributed by atoms with Gasteiger partial charge in [-0.15, -0.1) is 16.9 Å². The molecule has 2 fully saturated rings. The van der Waals surface area contributed by atoms with Crippen LogP contribution in [0.1, 0.15) is 11.6 Å². The standard InChI is InChI=1S/C22H23N9O6S2/c1-29-22(26-27-28-29)39-10-12-9-38-18-14(17(33)31(18)15(12)19(34)35)24-16(32)13(11-5-3-2-4-6-11)25-21(37)30-8-7-23-20(30)36/h2-6,13-14,18H,7-10H2,1H3,(H,23,36)(H,24,32)(H,25,37)(H,34,35)/t13?,14?,18-/m0/s1. The Morgan fingerprint density at radius 2 is 2.03 bits per heavy atom. The minimum Gasteiger partial charge on any atom is -0.477 e. The average Bonchev–Trinajstić information content (AvgIpc) is 3.55. The van der Waals surface area contributed by atoms with E-state index in [0.717, 1.165) is 4.90 Å². The molecule has 6 amide bonds. The molecule has 2 saturated heterocycles. The Balaban J connectivity index is 1.30. The number of benzene rings is 1. The number of nitrogens with one attached hydrogen (secondary N) is 3. The van der Waals surface area contributed by atoms with Crippen LogP contribution in [0.15, 0.2) is 46.8 Å². The van der Waals surface area contributed by atoms with E-state index >= 15 is 0 Å². The number of aryl methyl sites for hydroxylation is 1. The van der Waals surface area contributed by atoms with Crippen LogP contribution in [0, 0.1) is 0 Å². The van der Waals surface area contributed by atoms with Gasteiger partial charge in [0.05, 0.1) is 0 Å². The summed E-state index contributed by atoms with van der Waals surface area (Å²) in [5.74, 6) is -1.89. The maximum atomic E-state index is 13.4. The van der Waals surface area contributed by atoms with Gasteiger partial charge in [-0.3, -0.25) is 14.5 Å². The van der Waals surface area contributed by atoms with Gasteiger partial charge in [-0.05, 0) is 21.6 Å². The molecule has 0 saturated carbocycles. The molecule has 0 spiro atoms. The SMILES string of the molecule is Cn1nnnc1SCC1=C(C(=O)O)N2C(=O)C(NC(=O)C(NC(=O)N3CCNC3=O)c3ccccc3)[C@@H]2SC1. The van der Waals surface area contributed by atoms with Crippen LogP contribution in [0.2, 0.25) is 0 Å². The summed E-state index contributed by atoms with van der Waals surface area (Å²) in [5.41, 5.74) is 0.865. The average molecular weight is 574 g/mol. The highest BCUT2D eigenvalue weighted by atomic mass is 32.2. The molecule has 204 valence electrons. The molecule has 4 N–H and O–H groups in total. The Morgan fingerprint density at radius 1 is 1.26 bits per heavy atom. The highest BCUT2D eigenvalue weighted by Crippen LogP contribution is 2.41. The van der Waals surface area contributed by atoms with Crippen molar-refractivity contribution in [3.63, 3.8) is 0 Å². The molecule has 17 heteroatoms. The lowest BCUT2D eigenvalue weighted by Crippen LogP contribution is -2.71. The van der Waals surface area contributed by atoms with Crippen LogP contribution in [0.5, 0.6) is 0 Å². The number of rotatable bonds is 8. The molecule has 2 unspecified atom stereocenters. The molecular formula is C22H23N9O6S2. The van der Waals surface area contributed by atoms with Crippen LogP contribution < -0.4 is 16.0 Å². The summed E-state index contributed by atoms with van der Waals surface area (Å²) in [6, 6.07) is 4.91. The van der Waals surface area contributed by atoms with E-state index in [1.54, 1.807) is 37.4 Å². The predicted octanol–water partition coefficient (Wildman–Crippen LogP) is -0.483. The second kappa shape index (κ2) is 10.9. The van der Waals surface area contributed by atoms with E-state index in [0.29, 0.717) is 28.6 Å². The van der Waals surface area contributed by atoms with E-state index in [-0.39, 0.29) is 18.0 Å². The van der Waals surface area contributed by atoms with E-state index in [9.17, 15) is 29.1 Å².